The van der Waals surface area contributed by atoms with E-state index in [1.165, 1.54) is 6.42 Å². The summed E-state index contributed by atoms with van der Waals surface area (Å²) in [7, 11) is 0. The van der Waals surface area contributed by atoms with Gasteiger partial charge in [0.2, 0.25) is 5.91 Å². The molecule has 3 aromatic rings. The second-order valence-corrected chi connectivity index (χ2v) is 7.61. The average Bonchev–Trinajstić information content (AvgIpc) is 3.35. The van der Waals surface area contributed by atoms with Crippen LogP contribution < -0.4 is 5.32 Å². The van der Waals surface area contributed by atoms with Crippen molar-refractivity contribution < 1.29 is 4.79 Å². The predicted octanol–water partition coefficient (Wildman–Crippen LogP) is 2.91. The first-order chi connectivity index (χ1) is 12.7. The Balaban J connectivity index is 1.45. The zero-order valence-electron chi connectivity index (χ0n) is 14.8. The van der Waals surface area contributed by atoms with E-state index in [0.29, 0.717) is 18.0 Å². The molecule has 1 N–H and O–H groups in total. The van der Waals surface area contributed by atoms with Crippen molar-refractivity contribution in [1.82, 2.24) is 24.7 Å². The summed E-state index contributed by atoms with van der Waals surface area (Å²) in [6.45, 7) is 4.30. The number of likely N-dealkylation sites (tertiary alicyclic amines) is 1. The lowest BCUT2D eigenvalue weighted by Crippen LogP contribution is -2.40. The third-order valence-electron chi connectivity index (χ3n) is 4.68. The van der Waals surface area contributed by atoms with Crippen molar-refractivity contribution in [2.75, 3.05) is 25.0 Å². The number of carbonyl (C=O) groups excluding carboxylic acids is 1. The standard InChI is InChI=1S/C18H22N6OS/c1-13(18(25)23-9-3-2-4-10-23)12-19-15-7-8-16-20-21-17(24(16)22-15)14-6-5-11-26-14/h5-8,11,13H,2-4,9-10,12H2,1H3,(H,19,22). The van der Waals surface area contributed by atoms with Crippen LogP contribution in [0.5, 0.6) is 0 Å². The smallest absolute Gasteiger partial charge is 0.227 e. The summed E-state index contributed by atoms with van der Waals surface area (Å²) in [5, 5.41) is 18.3. The number of anilines is 1. The summed E-state index contributed by atoms with van der Waals surface area (Å²) >= 11 is 1.61. The molecule has 1 aliphatic heterocycles. The van der Waals surface area contributed by atoms with Crippen molar-refractivity contribution in [3.05, 3.63) is 29.6 Å². The van der Waals surface area contributed by atoms with Crippen LogP contribution in [0.15, 0.2) is 29.6 Å². The van der Waals surface area contributed by atoms with Gasteiger partial charge < -0.3 is 10.2 Å². The van der Waals surface area contributed by atoms with Crippen LogP contribution in [0.1, 0.15) is 26.2 Å². The molecule has 1 saturated heterocycles. The number of nitrogens with zero attached hydrogens (tertiary/aromatic N) is 5. The van der Waals surface area contributed by atoms with E-state index in [1.807, 2.05) is 41.5 Å². The van der Waals surface area contributed by atoms with Gasteiger partial charge in [-0.15, -0.1) is 26.6 Å². The number of piperidine rings is 1. The second-order valence-electron chi connectivity index (χ2n) is 6.66. The number of carbonyl (C=O) groups is 1. The average molecular weight is 370 g/mol. The second kappa shape index (κ2) is 7.41. The highest BCUT2D eigenvalue weighted by atomic mass is 32.1. The molecule has 1 fully saturated rings. The molecule has 1 aliphatic rings. The molecule has 1 amide bonds. The minimum atomic E-state index is -0.0803. The van der Waals surface area contributed by atoms with Crippen molar-refractivity contribution in [2.45, 2.75) is 26.2 Å². The lowest BCUT2D eigenvalue weighted by Gasteiger charge is -2.29. The first kappa shape index (κ1) is 17.0. The van der Waals surface area contributed by atoms with Crippen molar-refractivity contribution >= 4 is 28.7 Å². The summed E-state index contributed by atoms with van der Waals surface area (Å²) in [5.41, 5.74) is 0.705. The van der Waals surface area contributed by atoms with Gasteiger partial charge in [-0.2, -0.15) is 4.52 Å². The summed E-state index contributed by atoms with van der Waals surface area (Å²) < 4.78 is 1.74. The minimum Gasteiger partial charge on any atom is -0.368 e. The molecule has 3 aromatic heterocycles. The third-order valence-corrected chi connectivity index (χ3v) is 5.55. The van der Waals surface area contributed by atoms with Crippen LogP contribution in [-0.2, 0) is 4.79 Å². The first-order valence-electron chi connectivity index (χ1n) is 9.01. The van der Waals surface area contributed by atoms with E-state index in [1.54, 1.807) is 15.9 Å². The van der Waals surface area contributed by atoms with E-state index in [9.17, 15) is 4.79 Å². The fourth-order valence-electron chi connectivity index (χ4n) is 3.21. The quantitative estimate of drug-likeness (QED) is 0.747. The highest BCUT2D eigenvalue weighted by Crippen LogP contribution is 2.23. The number of hydrogen-bond acceptors (Lipinski definition) is 6. The van der Waals surface area contributed by atoms with Crippen molar-refractivity contribution in [3.63, 3.8) is 0 Å². The Hall–Kier alpha value is -2.48. The highest BCUT2D eigenvalue weighted by molar-refractivity contribution is 7.13. The Morgan fingerprint density at radius 3 is 2.85 bits per heavy atom. The number of amides is 1. The summed E-state index contributed by atoms with van der Waals surface area (Å²) in [6, 6.07) is 7.75. The van der Waals surface area contributed by atoms with Crippen LogP contribution in [0, 0.1) is 5.92 Å². The van der Waals surface area contributed by atoms with Gasteiger partial charge in [0.15, 0.2) is 11.5 Å². The number of thiophene rings is 1. The fourth-order valence-corrected chi connectivity index (χ4v) is 3.91. The monoisotopic (exact) mass is 370 g/mol. The first-order valence-corrected chi connectivity index (χ1v) is 9.89. The molecule has 0 spiro atoms. The highest BCUT2D eigenvalue weighted by Gasteiger charge is 2.22. The summed E-state index contributed by atoms with van der Waals surface area (Å²) in [4.78, 5) is 15.6. The number of aromatic nitrogens is 4. The lowest BCUT2D eigenvalue weighted by atomic mass is 10.1. The molecule has 1 atom stereocenters. The zero-order chi connectivity index (χ0) is 17.9. The Kier molecular flexibility index (Phi) is 4.83. The van der Waals surface area contributed by atoms with Gasteiger partial charge in [-0.05, 0) is 42.8 Å². The molecule has 26 heavy (non-hydrogen) atoms. The predicted molar refractivity (Wildman–Crippen MR) is 102 cm³/mol. The number of fused-ring (bicyclic) bond motifs is 1. The molecular formula is C18H22N6OS. The fraction of sp³-hybridized carbons (Fsp3) is 0.444. The van der Waals surface area contributed by atoms with Gasteiger partial charge >= 0.3 is 0 Å². The number of hydrogen-bond donors (Lipinski definition) is 1. The molecule has 0 aromatic carbocycles. The van der Waals surface area contributed by atoms with E-state index < -0.39 is 0 Å². The van der Waals surface area contributed by atoms with Gasteiger partial charge in [-0.1, -0.05) is 13.0 Å². The van der Waals surface area contributed by atoms with Gasteiger partial charge in [0.25, 0.3) is 0 Å². The van der Waals surface area contributed by atoms with Crippen LogP contribution in [-0.4, -0.2) is 50.3 Å². The number of rotatable bonds is 5. The van der Waals surface area contributed by atoms with Crippen LogP contribution in [0.2, 0.25) is 0 Å². The van der Waals surface area contributed by atoms with Crippen molar-refractivity contribution in [3.8, 4) is 10.7 Å². The molecule has 0 saturated carbocycles. The van der Waals surface area contributed by atoms with Crippen LogP contribution >= 0.6 is 11.3 Å². The van der Waals surface area contributed by atoms with E-state index >= 15 is 0 Å². The van der Waals surface area contributed by atoms with Gasteiger partial charge in [0.05, 0.1) is 10.8 Å². The van der Waals surface area contributed by atoms with Crippen LogP contribution in [0.4, 0.5) is 5.82 Å². The minimum absolute atomic E-state index is 0.0803. The lowest BCUT2D eigenvalue weighted by molar-refractivity contribution is -0.135. The molecule has 8 heteroatoms. The normalized spacial score (nSPS) is 16.0. The molecule has 136 valence electrons. The Bertz CT molecular complexity index is 884. The zero-order valence-corrected chi connectivity index (χ0v) is 15.6. The Morgan fingerprint density at radius 1 is 1.23 bits per heavy atom. The molecule has 0 radical (unpaired) electrons. The SMILES string of the molecule is CC(CNc1ccc2nnc(-c3cccs3)n2n1)C(=O)N1CCCCC1. The Morgan fingerprint density at radius 2 is 2.08 bits per heavy atom. The topological polar surface area (TPSA) is 75.4 Å². The van der Waals surface area contributed by atoms with Crippen LogP contribution in [0.25, 0.3) is 16.3 Å². The molecular weight excluding hydrogens is 348 g/mol. The van der Waals surface area contributed by atoms with Crippen LogP contribution in [0.3, 0.4) is 0 Å². The molecule has 7 nitrogen and oxygen atoms in total. The molecule has 0 aliphatic carbocycles. The maximum atomic E-state index is 12.5. The van der Waals surface area contributed by atoms with Crippen molar-refractivity contribution in [1.29, 1.82) is 0 Å². The maximum Gasteiger partial charge on any atom is 0.227 e. The van der Waals surface area contributed by atoms with E-state index in [-0.39, 0.29) is 11.8 Å². The van der Waals surface area contributed by atoms with E-state index in [4.69, 9.17) is 0 Å². The largest absolute Gasteiger partial charge is 0.368 e. The van der Waals surface area contributed by atoms with Gasteiger partial charge in [-0.3, -0.25) is 4.79 Å². The maximum absolute atomic E-state index is 12.5. The third kappa shape index (κ3) is 3.41. The number of nitrogens with one attached hydrogen (secondary N) is 1. The van der Waals surface area contributed by atoms with E-state index in [0.717, 1.165) is 36.6 Å². The van der Waals surface area contributed by atoms with Gasteiger partial charge in [-0.25, -0.2) is 0 Å². The summed E-state index contributed by atoms with van der Waals surface area (Å²) in [5.74, 6) is 1.59. The van der Waals surface area contributed by atoms with Gasteiger partial charge in [0.1, 0.15) is 5.82 Å². The molecule has 1 unspecified atom stereocenters. The van der Waals surface area contributed by atoms with Gasteiger partial charge in [0, 0.05) is 19.6 Å². The van der Waals surface area contributed by atoms with E-state index in [2.05, 4.69) is 20.6 Å². The molecule has 4 heterocycles. The molecule has 0 bridgehead atoms. The van der Waals surface area contributed by atoms with Crippen molar-refractivity contribution in [2.24, 2.45) is 5.92 Å². The Labute approximate surface area is 156 Å². The summed E-state index contributed by atoms with van der Waals surface area (Å²) in [6.07, 6.45) is 3.46. The molecule has 4 rings (SSSR count).